The maximum Gasteiger partial charge on any atom is 0.330 e. The molecule has 1 aromatic heterocycles. The molecule has 3 atom stereocenters. The summed E-state index contributed by atoms with van der Waals surface area (Å²) in [4.78, 5) is 35.4. The number of ether oxygens (including phenoxy) is 2. The molecule has 0 spiro atoms. The molecule has 1 aliphatic rings. The molecule has 1 aliphatic heterocycles. The van der Waals surface area contributed by atoms with E-state index < -0.39 is 41.4 Å². The van der Waals surface area contributed by atoms with Crippen molar-refractivity contribution in [1.82, 2.24) is 14.9 Å². The van der Waals surface area contributed by atoms with E-state index in [1.54, 1.807) is 0 Å². The van der Waals surface area contributed by atoms with Crippen LogP contribution in [0.3, 0.4) is 0 Å². The number of nitrogens with one attached hydrogen (secondary N) is 2. The lowest BCUT2D eigenvalue weighted by Gasteiger charge is -2.16. The zero-order valence-corrected chi connectivity index (χ0v) is 12.0. The minimum absolute atomic E-state index is 0.0224. The molecule has 10 nitrogen and oxygen atoms in total. The van der Waals surface area contributed by atoms with Crippen molar-refractivity contribution in [2.24, 2.45) is 5.73 Å². The average molecular weight is 332 g/mol. The van der Waals surface area contributed by atoms with Gasteiger partial charge in [-0.05, 0) is 0 Å². The SMILES string of the molecule is NCC(=O)NCOC[C@H]1O[C@@H](n2cc(F)c(=O)[nH]c2=O)C[C@@H]1O. The summed E-state index contributed by atoms with van der Waals surface area (Å²) in [6.07, 6.45) is -1.91. The van der Waals surface area contributed by atoms with E-state index in [0.29, 0.717) is 0 Å². The number of hydrogen-bond donors (Lipinski definition) is 4. The fourth-order valence-corrected chi connectivity index (χ4v) is 2.09. The Morgan fingerprint density at radius 2 is 2.35 bits per heavy atom. The normalized spacial score (nSPS) is 23.9. The third-order valence-corrected chi connectivity index (χ3v) is 3.28. The van der Waals surface area contributed by atoms with Gasteiger partial charge in [-0.3, -0.25) is 19.1 Å². The van der Waals surface area contributed by atoms with Crippen LogP contribution in [-0.4, -0.2) is 52.7 Å². The topological polar surface area (TPSA) is 149 Å². The molecule has 1 fully saturated rings. The van der Waals surface area contributed by atoms with Crippen molar-refractivity contribution in [1.29, 1.82) is 0 Å². The molecular formula is C12H17FN4O6. The smallest absolute Gasteiger partial charge is 0.330 e. The highest BCUT2D eigenvalue weighted by Gasteiger charge is 2.35. The Balaban J connectivity index is 1.93. The fourth-order valence-electron chi connectivity index (χ4n) is 2.09. The number of rotatable bonds is 6. The second kappa shape index (κ2) is 7.46. The van der Waals surface area contributed by atoms with E-state index in [-0.39, 0.29) is 26.3 Å². The molecule has 0 aromatic carbocycles. The molecule has 0 unspecified atom stereocenters. The number of aromatic amines is 1. The molecule has 1 amide bonds. The van der Waals surface area contributed by atoms with E-state index in [0.717, 1.165) is 10.8 Å². The first kappa shape index (κ1) is 17.3. The number of hydrogen-bond acceptors (Lipinski definition) is 7. The quantitative estimate of drug-likeness (QED) is 0.329. The maximum absolute atomic E-state index is 13.3. The molecule has 23 heavy (non-hydrogen) atoms. The van der Waals surface area contributed by atoms with E-state index in [4.69, 9.17) is 15.2 Å². The number of amides is 1. The highest BCUT2D eigenvalue weighted by molar-refractivity contribution is 5.77. The second-order valence-corrected chi connectivity index (χ2v) is 4.90. The van der Waals surface area contributed by atoms with E-state index in [1.165, 1.54) is 0 Å². The third kappa shape index (κ3) is 4.22. The van der Waals surface area contributed by atoms with Crippen molar-refractivity contribution in [2.45, 2.75) is 24.9 Å². The van der Waals surface area contributed by atoms with Crippen LogP contribution in [0.25, 0.3) is 0 Å². The Morgan fingerprint density at radius 1 is 1.61 bits per heavy atom. The van der Waals surface area contributed by atoms with Crippen LogP contribution in [0.2, 0.25) is 0 Å². The Bertz CT molecular complexity index is 674. The molecular weight excluding hydrogens is 315 g/mol. The molecule has 1 saturated heterocycles. The first-order valence-corrected chi connectivity index (χ1v) is 6.81. The van der Waals surface area contributed by atoms with Crippen molar-refractivity contribution < 1.29 is 23.8 Å². The monoisotopic (exact) mass is 332 g/mol. The lowest BCUT2D eigenvalue weighted by molar-refractivity contribution is -0.122. The minimum Gasteiger partial charge on any atom is -0.390 e. The number of carbonyl (C=O) groups excluding carboxylic acids is 1. The lowest BCUT2D eigenvalue weighted by atomic mass is 10.2. The molecule has 0 radical (unpaired) electrons. The van der Waals surface area contributed by atoms with Crippen LogP contribution in [0, 0.1) is 5.82 Å². The van der Waals surface area contributed by atoms with Crippen LogP contribution in [0.5, 0.6) is 0 Å². The van der Waals surface area contributed by atoms with E-state index >= 15 is 0 Å². The number of nitrogens with two attached hydrogens (primary N) is 1. The first-order chi connectivity index (χ1) is 10.9. The zero-order valence-electron chi connectivity index (χ0n) is 12.0. The van der Waals surface area contributed by atoms with Gasteiger partial charge < -0.3 is 25.6 Å². The Kier molecular flexibility index (Phi) is 5.60. The molecule has 0 aliphatic carbocycles. The van der Waals surface area contributed by atoms with Gasteiger partial charge in [0.15, 0.2) is 0 Å². The highest BCUT2D eigenvalue weighted by atomic mass is 19.1. The lowest BCUT2D eigenvalue weighted by Crippen LogP contribution is -2.35. The Labute approximate surface area is 129 Å². The molecule has 1 aromatic rings. The summed E-state index contributed by atoms with van der Waals surface area (Å²) in [7, 11) is 0. The van der Waals surface area contributed by atoms with E-state index in [9.17, 15) is 23.9 Å². The number of H-pyrrole nitrogens is 1. The third-order valence-electron chi connectivity index (χ3n) is 3.28. The van der Waals surface area contributed by atoms with Crippen LogP contribution in [0.15, 0.2) is 15.8 Å². The average Bonchev–Trinajstić information content (AvgIpc) is 2.88. The summed E-state index contributed by atoms with van der Waals surface area (Å²) in [5, 5.41) is 12.3. The van der Waals surface area contributed by atoms with Crippen molar-refractivity contribution in [2.75, 3.05) is 19.9 Å². The first-order valence-electron chi connectivity index (χ1n) is 6.81. The largest absolute Gasteiger partial charge is 0.390 e. The van der Waals surface area contributed by atoms with Crippen molar-refractivity contribution >= 4 is 5.91 Å². The highest BCUT2D eigenvalue weighted by Crippen LogP contribution is 2.27. The molecule has 0 bridgehead atoms. The summed E-state index contributed by atoms with van der Waals surface area (Å²) >= 11 is 0. The fraction of sp³-hybridized carbons (Fsp3) is 0.583. The minimum atomic E-state index is -1.13. The molecule has 2 heterocycles. The van der Waals surface area contributed by atoms with Gasteiger partial charge >= 0.3 is 5.69 Å². The van der Waals surface area contributed by atoms with E-state index in [2.05, 4.69) is 5.32 Å². The second-order valence-electron chi connectivity index (χ2n) is 4.90. The van der Waals surface area contributed by atoms with Crippen molar-refractivity contribution in [3.63, 3.8) is 0 Å². The summed E-state index contributed by atoms with van der Waals surface area (Å²) in [6, 6.07) is 0. The van der Waals surface area contributed by atoms with Crippen LogP contribution in [0.1, 0.15) is 12.6 Å². The standard InChI is InChI=1S/C12H17FN4O6/c13-6-3-17(12(21)16-11(6)20)10-1-7(18)8(23-10)4-22-5-15-9(19)2-14/h3,7-8,10,18H,1-2,4-5,14H2,(H,15,19)(H,16,20,21)/t7-,8+,10+/m0/s1. The number of aromatic nitrogens is 2. The summed E-state index contributed by atoms with van der Waals surface area (Å²) in [5.41, 5.74) is 3.13. The van der Waals surface area contributed by atoms with Crippen LogP contribution in [0.4, 0.5) is 4.39 Å². The molecule has 11 heteroatoms. The van der Waals surface area contributed by atoms with Crippen molar-refractivity contribution in [3.05, 3.63) is 32.9 Å². The number of aliphatic hydroxyl groups is 1. The predicted molar refractivity (Wildman–Crippen MR) is 73.8 cm³/mol. The maximum atomic E-state index is 13.3. The molecule has 5 N–H and O–H groups in total. The zero-order chi connectivity index (χ0) is 17.0. The molecule has 128 valence electrons. The number of aliphatic hydroxyl groups excluding tert-OH is 1. The van der Waals surface area contributed by atoms with Crippen LogP contribution < -0.4 is 22.3 Å². The Hall–Kier alpha value is -2.08. The summed E-state index contributed by atoms with van der Waals surface area (Å²) in [5.74, 6) is -1.53. The van der Waals surface area contributed by atoms with Gasteiger partial charge in [-0.2, -0.15) is 4.39 Å². The van der Waals surface area contributed by atoms with Gasteiger partial charge in [-0.25, -0.2) is 4.79 Å². The number of halogens is 1. The van der Waals surface area contributed by atoms with Gasteiger partial charge in [0.05, 0.1) is 25.5 Å². The van der Waals surface area contributed by atoms with Crippen LogP contribution in [-0.2, 0) is 14.3 Å². The van der Waals surface area contributed by atoms with Gasteiger partial charge in [0.2, 0.25) is 11.7 Å². The van der Waals surface area contributed by atoms with Gasteiger partial charge in [0, 0.05) is 6.42 Å². The number of carbonyl (C=O) groups is 1. The molecule has 2 rings (SSSR count). The van der Waals surface area contributed by atoms with Gasteiger partial charge in [0.25, 0.3) is 5.56 Å². The summed E-state index contributed by atoms with van der Waals surface area (Å²) < 4.78 is 24.7. The van der Waals surface area contributed by atoms with Gasteiger partial charge in [0.1, 0.15) is 19.1 Å². The Morgan fingerprint density at radius 3 is 3.04 bits per heavy atom. The van der Waals surface area contributed by atoms with Crippen LogP contribution >= 0.6 is 0 Å². The summed E-state index contributed by atoms with van der Waals surface area (Å²) in [6.45, 7) is -0.335. The number of nitrogens with zero attached hydrogens (tertiary/aromatic N) is 1. The van der Waals surface area contributed by atoms with E-state index in [1.807, 2.05) is 4.98 Å². The predicted octanol–water partition coefficient (Wildman–Crippen LogP) is -2.63. The van der Waals surface area contributed by atoms with Crippen molar-refractivity contribution in [3.8, 4) is 0 Å². The molecule has 0 saturated carbocycles. The van der Waals surface area contributed by atoms with Gasteiger partial charge in [-0.15, -0.1) is 0 Å². The van der Waals surface area contributed by atoms with Gasteiger partial charge in [-0.1, -0.05) is 0 Å².